The molecule has 0 saturated carbocycles. The molecule has 0 heterocycles. The van der Waals surface area contributed by atoms with Crippen molar-refractivity contribution in [3.63, 3.8) is 0 Å². The van der Waals surface area contributed by atoms with Crippen molar-refractivity contribution in [2.75, 3.05) is 6.61 Å². The molecule has 67 valence electrons. The molecule has 2 atom stereocenters. The van der Waals surface area contributed by atoms with Crippen LogP contribution in [0.4, 0.5) is 0 Å². The van der Waals surface area contributed by atoms with Gasteiger partial charge in [-0.1, -0.05) is 13.8 Å². The van der Waals surface area contributed by atoms with Gasteiger partial charge in [-0.3, -0.25) is 0 Å². The summed E-state index contributed by atoms with van der Waals surface area (Å²) < 4.78 is 10.0. The van der Waals surface area contributed by atoms with Gasteiger partial charge in [0.05, 0.1) is 6.61 Å². The summed E-state index contributed by atoms with van der Waals surface area (Å²) in [5, 5.41) is 10.5. The average Bonchev–Trinajstić information content (AvgIpc) is 1.82. The molecule has 0 aromatic rings. The summed E-state index contributed by atoms with van der Waals surface area (Å²) in [6.45, 7) is 7.92. The molecule has 0 saturated heterocycles. The Balaban J connectivity index is 3.29. The average molecular weight is 161 g/mol. The van der Waals surface area contributed by atoms with Crippen molar-refractivity contribution in [1.29, 1.82) is 0 Å². The summed E-state index contributed by atoms with van der Waals surface area (Å²) in [5.74, 6) is 0.475. The van der Waals surface area contributed by atoms with E-state index < -0.39 is 6.29 Å². The lowest BCUT2D eigenvalue weighted by atomic mass is 10.2. The van der Waals surface area contributed by atoms with Crippen LogP contribution >= 0.6 is 0 Å². The predicted molar refractivity (Wildman–Crippen MR) is 41.5 cm³/mol. The van der Waals surface area contributed by atoms with Crippen LogP contribution in [0.5, 0.6) is 0 Å². The molecule has 0 fully saturated rings. The van der Waals surface area contributed by atoms with Crippen molar-refractivity contribution in [3.8, 4) is 0 Å². The molecule has 0 amide bonds. The van der Waals surface area contributed by atoms with E-state index in [1.165, 1.54) is 6.92 Å². The van der Waals surface area contributed by atoms with Gasteiger partial charge in [0, 0.05) is 0 Å². The molecule has 11 heavy (non-hydrogen) atoms. The van der Waals surface area contributed by atoms with E-state index in [4.69, 9.17) is 9.47 Å². The number of hydrogen-bond donors (Lipinski definition) is 0. The smallest absolute Gasteiger partial charge is 0.191 e. The van der Waals surface area contributed by atoms with Crippen molar-refractivity contribution in [1.82, 2.24) is 0 Å². The first-order valence-electron chi connectivity index (χ1n) is 3.95. The van der Waals surface area contributed by atoms with Crippen LogP contribution in [0.1, 0.15) is 27.7 Å². The first kappa shape index (κ1) is 10.9. The van der Waals surface area contributed by atoms with Gasteiger partial charge in [-0.05, 0) is 19.8 Å². The Kier molecular flexibility index (Phi) is 5.46. The minimum Gasteiger partial charge on any atom is -0.353 e. The second-order valence-electron chi connectivity index (χ2n) is 3.00. The fourth-order valence-corrected chi connectivity index (χ4v) is 0.637. The Hall–Kier alpha value is -0.120. The Morgan fingerprint density at radius 2 is 1.73 bits per heavy atom. The first-order chi connectivity index (χ1) is 5.02. The molecule has 0 aromatic heterocycles. The molecule has 0 aliphatic carbocycles. The second-order valence-corrected chi connectivity index (χ2v) is 3.00. The highest BCUT2D eigenvalue weighted by atomic mass is 16.7. The molecule has 3 nitrogen and oxygen atoms in total. The summed E-state index contributed by atoms with van der Waals surface area (Å²) in [5.41, 5.74) is 0. The van der Waals surface area contributed by atoms with Gasteiger partial charge < -0.3 is 9.47 Å². The standard InChI is InChI=1S/C8H17O3/c1-6(2)5-10-8(4)11-7(3)9/h6-8H,5H2,1-4H3. The van der Waals surface area contributed by atoms with Gasteiger partial charge in [0.1, 0.15) is 0 Å². The highest BCUT2D eigenvalue weighted by molar-refractivity contribution is 4.40. The van der Waals surface area contributed by atoms with E-state index in [1.54, 1.807) is 6.92 Å². The number of rotatable bonds is 5. The van der Waals surface area contributed by atoms with Crippen LogP contribution in [0.25, 0.3) is 0 Å². The van der Waals surface area contributed by atoms with Crippen LogP contribution in [0.3, 0.4) is 0 Å². The van der Waals surface area contributed by atoms with E-state index >= 15 is 0 Å². The number of ether oxygens (including phenoxy) is 2. The van der Waals surface area contributed by atoms with Crippen LogP contribution in [-0.2, 0) is 14.6 Å². The molecule has 0 N–H and O–H groups in total. The summed E-state index contributed by atoms with van der Waals surface area (Å²) in [7, 11) is 0. The van der Waals surface area contributed by atoms with Crippen LogP contribution < -0.4 is 0 Å². The van der Waals surface area contributed by atoms with E-state index in [9.17, 15) is 5.11 Å². The maximum Gasteiger partial charge on any atom is 0.191 e. The highest BCUT2D eigenvalue weighted by Gasteiger charge is 2.06. The quantitative estimate of drug-likeness (QED) is 0.576. The summed E-state index contributed by atoms with van der Waals surface area (Å²) in [4.78, 5) is 0. The van der Waals surface area contributed by atoms with Crippen LogP contribution in [0.2, 0.25) is 0 Å². The third kappa shape index (κ3) is 7.78. The lowest BCUT2D eigenvalue weighted by Gasteiger charge is -2.15. The molecular weight excluding hydrogens is 144 g/mol. The SMILES string of the molecule is CC(C)COC(C)OC(C)[O]. The van der Waals surface area contributed by atoms with Gasteiger partial charge >= 0.3 is 0 Å². The third-order valence-electron chi connectivity index (χ3n) is 1.05. The summed E-state index contributed by atoms with van der Waals surface area (Å²) >= 11 is 0. The monoisotopic (exact) mass is 161 g/mol. The molecule has 0 rings (SSSR count). The Morgan fingerprint density at radius 1 is 1.18 bits per heavy atom. The zero-order valence-corrected chi connectivity index (χ0v) is 7.66. The van der Waals surface area contributed by atoms with E-state index in [1.807, 2.05) is 13.8 Å². The third-order valence-corrected chi connectivity index (χ3v) is 1.05. The van der Waals surface area contributed by atoms with Crippen molar-refractivity contribution in [2.45, 2.75) is 40.3 Å². The number of hydrogen-bond acceptors (Lipinski definition) is 2. The van der Waals surface area contributed by atoms with Gasteiger partial charge in [-0.15, -0.1) is 0 Å². The van der Waals surface area contributed by atoms with Crippen molar-refractivity contribution in [2.24, 2.45) is 5.92 Å². The lowest BCUT2D eigenvalue weighted by Crippen LogP contribution is -2.20. The first-order valence-corrected chi connectivity index (χ1v) is 3.95. The van der Waals surface area contributed by atoms with E-state index in [-0.39, 0.29) is 6.29 Å². The van der Waals surface area contributed by atoms with Gasteiger partial charge in [-0.2, -0.15) is 0 Å². The Labute approximate surface area is 68.3 Å². The fourth-order valence-electron chi connectivity index (χ4n) is 0.637. The van der Waals surface area contributed by atoms with Crippen LogP contribution in [0.15, 0.2) is 0 Å². The Morgan fingerprint density at radius 3 is 2.09 bits per heavy atom. The highest BCUT2D eigenvalue weighted by Crippen LogP contribution is 2.01. The zero-order chi connectivity index (χ0) is 8.85. The lowest BCUT2D eigenvalue weighted by molar-refractivity contribution is -0.234. The second kappa shape index (κ2) is 5.52. The molecule has 1 radical (unpaired) electrons. The summed E-state index contributed by atoms with van der Waals surface area (Å²) in [6.07, 6.45) is -1.39. The largest absolute Gasteiger partial charge is 0.353 e. The fraction of sp³-hybridized carbons (Fsp3) is 1.00. The van der Waals surface area contributed by atoms with Crippen molar-refractivity contribution < 1.29 is 14.6 Å². The predicted octanol–water partition coefficient (Wildman–Crippen LogP) is 1.80. The van der Waals surface area contributed by atoms with Gasteiger partial charge in [0.25, 0.3) is 0 Å². The molecule has 3 heteroatoms. The molecule has 2 unspecified atom stereocenters. The molecule has 0 aromatic carbocycles. The van der Waals surface area contributed by atoms with Crippen LogP contribution in [0, 0.1) is 5.92 Å². The Bertz CT molecular complexity index is 91.3. The molecule has 0 spiro atoms. The van der Waals surface area contributed by atoms with Crippen molar-refractivity contribution in [3.05, 3.63) is 0 Å². The van der Waals surface area contributed by atoms with Crippen LogP contribution in [-0.4, -0.2) is 19.2 Å². The maximum absolute atomic E-state index is 10.5. The van der Waals surface area contributed by atoms with E-state index in [2.05, 4.69) is 0 Å². The molecular formula is C8H17O3. The molecule has 0 bridgehead atoms. The minimum absolute atomic E-state index is 0.384. The van der Waals surface area contributed by atoms with Crippen molar-refractivity contribution >= 4 is 0 Å². The molecule has 0 aliphatic heterocycles. The van der Waals surface area contributed by atoms with E-state index in [0.717, 1.165) is 0 Å². The van der Waals surface area contributed by atoms with E-state index in [0.29, 0.717) is 12.5 Å². The molecule has 0 aliphatic rings. The van der Waals surface area contributed by atoms with Gasteiger partial charge in [-0.25, -0.2) is 5.11 Å². The van der Waals surface area contributed by atoms with Gasteiger partial charge in [0.15, 0.2) is 12.6 Å². The normalized spacial score (nSPS) is 16.9. The maximum atomic E-state index is 10.5. The minimum atomic E-state index is -1.00. The summed E-state index contributed by atoms with van der Waals surface area (Å²) in [6, 6.07) is 0. The topological polar surface area (TPSA) is 38.4 Å². The zero-order valence-electron chi connectivity index (χ0n) is 7.66. The van der Waals surface area contributed by atoms with Gasteiger partial charge in [0.2, 0.25) is 0 Å².